The van der Waals surface area contributed by atoms with Gasteiger partial charge in [-0.2, -0.15) is 0 Å². The van der Waals surface area contributed by atoms with Crippen molar-refractivity contribution in [3.63, 3.8) is 0 Å². The van der Waals surface area contributed by atoms with Gasteiger partial charge in [-0.1, -0.05) is 0 Å². The molecular weight excluding hydrogens is 245 g/mol. The van der Waals surface area contributed by atoms with Crippen molar-refractivity contribution in [2.45, 2.75) is 0 Å². The Morgan fingerprint density at radius 2 is 1.36 bits per heavy atom. The van der Waals surface area contributed by atoms with E-state index in [9.17, 15) is 0 Å². The molecule has 0 amide bonds. The van der Waals surface area contributed by atoms with Crippen LogP contribution >= 0.6 is 50.6 Å². The third kappa shape index (κ3) is 2.97. The molecule has 0 nitrogen and oxygen atoms in total. The van der Waals surface area contributed by atoms with Crippen LogP contribution in [0.4, 0.5) is 0 Å². The summed E-state index contributed by atoms with van der Waals surface area (Å²) in [5.74, 6) is 0. The molecule has 0 N–H and O–H groups in total. The van der Waals surface area contributed by atoms with Crippen LogP contribution in [0, 0.1) is 0 Å². The molecule has 0 aromatic heterocycles. The topological polar surface area (TPSA) is 0 Å². The van der Waals surface area contributed by atoms with Crippen LogP contribution in [0.15, 0.2) is 24.3 Å². The van der Waals surface area contributed by atoms with Gasteiger partial charge in [-0.15, -0.1) is 0 Å². The van der Waals surface area contributed by atoms with Gasteiger partial charge in [0.1, 0.15) is 0 Å². The first-order valence-electron chi connectivity index (χ1n) is 2.83. The van der Waals surface area contributed by atoms with Crippen molar-refractivity contribution < 1.29 is 0 Å². The van der Waals surface area contributed by atoms with Crippen molar-refractivity contribution in [2.24, 2.45) is 0 Å². The van der Waals surface area contributed by atoms with E-state index < -0.39 is 5.32 Å². The van der Waals surface area contributed by atoms with Crippen molar-refractivity contribution in [1.29, 1.82) is 0 Å². The standard InChI is InChI=1S/C6H5Cl4P/c7-5-1-3-6(4-2-5)11(8,9)10/h1-4,11H. The zero-order valence-corrected chi connectivity index (χ0v) is 9.34. The molecular formula is C6H5Cl4P. The van der Waals surface area contributed by atoms with E-state index in [1.807, 2.05) is 0 Å². The van der Waals surface area contributed by atoms with E-state index in [1.54, 1.807) is 24.3 Å². The Kier molecular flexibility index (Phi) is 3.31. The quantitative estimate of drug-likeness (QED) is 0.656. The molecule has 1 aromatic rings. The molecule has 0 saturated heterocycles. The van der Waals surface area contributed by atoms with E-state index >= 15 is 0 Å². The number of halogens is 4. The summed E-state index contributed by atoms with van der Waals surface area (Å²) in [7, 11) is 0. The van der Waals surface area contributed by atoms with Crippen LogP contribution in [-0.4, -0.2) is 0 Å². The van der Waals surface area contributed by atoms with Gasteiger partial charge in [0.05, 0.1) is 0 Å². The third-order valence-electron chi connectivity index (χ3n) is 1.17. The van der Waals surface area contributed by atoms with Gasteiger partial charge in [-0.25, -0.2) is 0 Å². The van der Waals surface area contributed by atoms with Gasteiger partial charge >= 0.3 is 85.2 Å². The fraction of sp³-hybridized carbons (Fsp3) is 0. The predicted octanol–water partition coefficient (Wildman–Crippen LogP) is 4.18. The molecule has 1 aromatic carbocycles. The van der Waals surface area contributed by atoms with Crippen molar-refractivity contribution >= 4 is 55.9 Å². The van der Waals surface area contributed by atoms with E-state index in [4.69, 9.17) is 45.3 Å². The minimum atomic E-state index is -2.70. The molecule has 0 heterocycles. The van der Waals surface area contributed by atoms with Crippen LogP contribution in [-0.2, 0) is 0 Å². The Labute approximate surface area is 85.1 Å². The fourth-order valence-electron chi connectivity index (χ4n) is 0.639. The first-order chi connectivity index (χ1) is 5.00. The monoisotopic (exact) mass is 248 g/mol. The van der Waals surface area contributed by atoms with Crippen molar-refractivity contribution in [2.75, 3.05) is 0 Å². The zero-order valence-electron chi connectivity index (χ0n) is 5.32. The number of hydrogen-bond acceptors (Lipinski definition) is 0. The molecule has 62 valence electrons. The zero-order chi connectivity index (χ0) is 8.48. The minimum absolute atomic E-state index is 0.650. The van der Waals surface area contributed by atoms with E-state index in [0.717, 1.165) is 5.30 Å². The molecule has 5 heteroatoms. The predicted molar refractivity (Wildman–Crippen MR) is 57.0 cm³/mol. The molecule has 0 spiro atoms. The molecule has 0 fully saturated rings. The second-order valence-electron chi connectivity index (χ2n) is 2.00. The summed E-state index contributed by atoms with van der Waals surface area (Å²) < 4.78 is 0. The molecule has 1 rings (SSSR count). The molecule has 0 radical (unpaired) electrons. The van der Waals surface area contributed by atoms with Crippen molar-refractivity contribution in [3.8, 4) is 0 Å². The summed E-state index contributed by atoms with van der Waals surface area (Å²) in [6.45, 7) is 0. The molecule has 0 aliphatic carbocycles. The Morgan fingerprint density at radius 1 is 0.909 bits per heavy atom. The summed E-state index contributed by atoms with van der Waals surface area (Å²) in [5, 5.41) is -1.29. The maximum absolute atomic E-state index is 5.74. The molecule has 0 atom stereocenters. The van der Waals surface area contributed by atoms with E-state index in [1.165, 1.54) is 0 Å². The summed E-state index contributed by atoms with van der Waals surface area (Å²) in [5.41, 5.74) is 0. The summed E-state index contributed by atoms with van der Waals surface area (Å²) >= 11 is 22.9. The van der Waals surface area contributed by atoms with Crippen LogP contribution < -0.4 is 5.30 Å². The molecule has 0 aliphatic heterocycles. The SMILES string of the molecule is Clc1ccc([PH](Cl)(Cl)Cl)cc1. The average Bonchev–Trinajstić information content (AvgIpc) is 1.86. The third-order valence-corrected chi connectivity index (χ3v) is 4.38. The van der Waals surface area contributed by atoms with E-state index in [2.05, 4.69) is 0 Å². The summed E-state index contributed by atoms with van der Waals surface area (Å²) in [6.07, 6.45) is 0. The van der Waals surface area contributed by atoms with Gasteiger partial charge in [0.25, 0.3) is 0 Å². The van der Waals surface area contributed by atoms with Gasteiger partial charge in [-0.3, -0.25) is 0 Å². The van der Waals surface area contributed by atoms with E-state index in [0.29, 0.717) is 5.02 Å². The molecule has 0 bridgehead atoms. The Hall–Kier alpha value is 0.810. The number of rotatable bonds is 1. The van der Waals surface area contributed by atoms with Gasteiger partial charge in [0.15, 0.2) is 0 Å². The van der Waals surface area contributed by atoms with Crippen LogP contribution in [0.5, 0.6) is 0 Å². The summed E-state index contributed by atoms with van der Waals surface area (Å²) in [6, 6.07) is 6.90. The van der Waals surface area contributed by atoms with Crippen LogP contribution in [0.25, 0.3) is 0 Å². The number of benzene rings is 1. The molecule has 0 unspecified atom stereocenters. The average molecular weight is 250 g/mol. The normalized spacial score (nSPS) is 13.1. The Balaban J connectivity index is 2.99. The number of hydrogen-bond donors (Lipinski definition) is 0. The molecule has 0 aliphatic rings. The van der Waals surface area contributed by atoms with Gasteiger partial charge in [0, 0.05) is 0 Å². The summed E-state index contributed by atoms with van der Waals surface area (Å²) in [4.78, 5) is 0. The Morgan fingerprint density at radius 3 is 1.73 bits per heavy atom. The second-order valence-corrected chi connectivity index (χ2v) is 10.9. The Bertz CT molecular complexity index is 238. The van der Waals surface area contributed by atoms with Crippen LogP contribution in [0.1, 0.15) is 0 Å². The van der Waals surface area contributed by atoms with Gasteiger partial charge in [0.2, 0.25) is 0 Å². The first-order valence-corrected chi connectivity index (χ1v) is 8.24. The fourth-order valence-corrected chi connectivity index (χ4v) is 2.44. The molecule has 11 heavy (non-hydrogen) atoms. The van der Waals surface area contributed by atoms with Crippen molar-refractivity contribution in [1.82, 2.24) is 0 Å². The first kappa shape index (κ1) is 9.89. The molecule has 0 saturated carbocycles. The van der Waals surface area contributed by atoms with Crippen LogP contribution in [0.3, 0.4) is 0 Å². The van der Waals surface area contributed by atoms with Gasteiger partial charge in [-0.05, 0) is 0 Å². The van der Waals surface area contributed by atoms with E-state index in [-0.39, 0.29) is 0 Å². The maximum atomic E-state index is 5.74. The van der Waals surface area contributed by atoms with Crippen LogP contribution in [0.2, 0.25) is 5.02 Å². The van der Waals surface area contributed by atoms with Gasteiger partial charge < -0.3 is 0 Å². The van der Waals surface area contributed by atoms with Crippen molar-refractivity contribution in [3.05, 3.63) is 29.3 Å². The second kappa shape index (κ2) is 3.68.